The maximum Gasteiger partial charge on any atom is 0.274 e. The van der Waals surface area contributed by atoms with Crippen LogP contribution in [0.3, 0.4) is 0 Å². The molecule has 0 spiro atoms. The van der Waals surface area contributed by atoms with E-state index in [1.165, 1.54) is 0 Å². The third kappa shape index (κ3) is 3.29. The van der Waals surface area contributed by atoms with Crippen LogP contribution in [0.1, 0.15) is 26.5 Å². The van der Waals surface area contributed by atoms with Crippen LogP contribution < -0.4 is 10.9 Å². The standard InChI is InChI=1S/C13H14Cl2N4O/c1-13(2,3)10-11(20)17-12(19-18-10)16-7-4-5-8(14)9(15)6-7/h4-6H,1-3H3,(H2,16,17,19,20). The van der Waals surface area contributed by atoms with Crippen molar-refractivity contribution in [1.82, 2.24) is 15.2 Å². The SMILES string of the molecule is CC(C)(C)c1nnc(Nc2ccc(Cl)c(Cl)c2)[nH]c1=O. The minimum absolute atomic E-state index is 0.251. The zero-order chi connectivity index (χ0) is 14.9. The summed E-state index contributed by atoms with van der Waals surface area (Å²) in [5, 5.41) is 11.7. The molecule has 5 nitrogen and oxygen atoms in total. The smallest absolute Gasteiger partial charge is 0.274 e. The molecule has 0 radical (unpaired) electrons. The second-order valence-electron chi connectivity index (χ2n) is 5.36. The summed E-state index contributed by atoms with van der Waals surface area (Å²) < 4.78 is 0. The fraction of sp³-hybridized carbons (Fsp3) is 0.308. The Morgan fingerprint density at radius 1 is 1.15 bits per heavy atom. The Morgan fingerprint density at radius 2 is 1.85 bits per heavy atom. The third-order valence-corrected chi connectivity index (χ3v) is 3.33. The van der Waals surface area contributed by atoms with Gasteiger partial charge in [0.05, 0.1) is 10.0 Å². The first-order chi connectivity index (χ1) is 9.27. The molecule has 0 aliphatic heterocycles. The van der Waals surface area contributed by atoms with E-state index >= 15 is 0 Å². The second kappa shape index (κ2) is 5.42. The van der Waals surface area contributed by atoms with Gasteiger partial charge in [-0.25, -0.2) is 0 Å². The van der Waals surface area contributed by atoms with Crippen LogP contribution >= 0.6 is 23.2 Å². The molecule has 0 unspecified atom stereocenters. The van der Waals surface area contributed by atoms with Gasteiger partial charge in [0.1, 0.15) is 5.69 Å². The molecule has 0 fully saturated rings. The predicted octanol–water partition coefficient (Wildman–Crippen LogP) is 3.51. The number of aromatic nitrogens is 3. The van der Waals surface area contributed by atoms with Crippen molar-refractivity contribution in [2.24, 2.45) is 0 Å². The van der Waals surface area contributed by atoms with Crippen molar-refractivity contribution in [2.75, 3.05) is 5.32 Å². The Labute approximate surface area is 126 Å². The number of rotatable bonds is 2. The topological polar surface area (TPSA) is 70.7 Å². The molecule has 0 aliphatic rings. The van der Waals surface area contributed by atoms with Crippen LogP contribution in [0, 0.1) is 0 Å². The summed E-state index contributed by atoms with van der Waals surface area (Å²) in [6, 6.07) is 5.02. The lowest BCUT2D eigenvalue weighted by molar-refractivity contribution is 0.547. The van der Waals surface area contributed by atoms with Crippen LogP contribution in [-0.2, 0) is 5.41 Å². The van der Waals surface area contributed by atoms with Gasteiger partial charge in [-0.1, -0.05) is 44.0 Å². The van der Waals surface area contributed by atoms with Crippen molar-refractivity contribution >= 4 is 34.8 Å². The lowest BCUT2D eigenvalue weighted by atomic mass is 9.93. The van der Waals surface area contributed by atoms with E-state index in [-0.39, 0.29) is 16.9 Å². The number of H-pyrrole nitrogens is 1. The Morgan fingerprint density at radius 3 is 2.40 bits per heavy atom. The highest BCUT2D eigenvalue weighted by molar-refractivity contribution is 6.42. The van der Waals surface area contributed by atoms with Crippen LogP contribution in [0.25, 0.3) is 0 Å². The van der Waals surface area contributed by atoms with Gasteiger partial charge in [-0.3, -0.25) is 9.78 Å². The summed E-state index contributed by atoms with van der Waals surface area (Å²) in [4.78, 5) is 14.6. The Balaban J connectivity index is 2.29. The molecule has 1 heterocycles. The molecule has 2 rings (SSSR count). The zero-order valence-electron chi connectivity index (χ0n) is 11.3. The Kier molecular flexibility index (Phi) is 4.01. The van der Waals surface area contributed by atoms with Gasteiger partial charge in [-0.05, 0) is 18.2 Å². The molecule has 106 valence electrons. The average molecular weight is 313 g/mol. The van der Waals surface area contributed by atoms with Crippen LogP contribution in [0.4, 0.5) is 11.6 Å². The largest absolute Gasteiger partial charge is 0.324 e. The third-order valence-electron chi connectivity index (χ3n) is 2.59. The lowest BCUT2D eigenvalue weighted by Crippen LogP contribution is -2.28. The molecule has 0 bridgehead atoms. The highest BCUT2D eigenvalue weighted by Gasteiger charge is 2.20. The zero-order valence-corrected chi connectivity index (χ0v) is 12.8. The summed E-state index contributed by atoms with van der Waals surface area (Å²) in [5.74, 6) is 0.251. The fourth-order valence-corrected chi connectivity index (χ4v) is 1.89. The molecule has 0 aliphatic carbocycles. The summed E-state index contributed by atoms with van der Waals surface area (Å²) in [6.07, 6.45) is 0. The first-order valence-electron chi connectivity index (χ1n) is 5.97. The summed E-state index contributed by atoms with van der Waals surface area (Å²) in [7, 11) is 0. The molecule has 1 aromatic heterocycles. The van der Waals surface area contributed by atoms with E-state index in [0.29, 0.717) is 21.4 Å². The molecule has 0 saturated carbocycles. The van der Waals surface area contributed by atoms with Gasteiger partial charge in [-0.15, -0.1) is 10.2 Å². The molecule has 2 N–H and O–H groups in total. The number of hydrogen-bond acceptors (Lipinski definition) is 4. The molecular weight excluding hydrogens is 299 g/mol. The van der Waals surface area contributed by atoms with Crippen LogP contribution in [0.15, 0.2) is 23.0 Å². The van der Waals surface area contributed by atoms with Crippen LogP contribution in [-0.4, -0.2) is 15.2 Å². The van der Waals surface area contributed by atoms with E-state index in [4.69, 9.17) is 23.2 Å². The number of halogens is 2. The fourth-order valence-electron chi connectivity index (χ4n) is 1.59. The van der Waals surface area contributed by atoms with Crippen LogP contribution in [0.5, 0.6) is 0 Å². The molecular formula is C13H14Cl2N4O. The molecule has 2 aromatic rings. The minimum atomic E-state index is -0.358. The minimum Gasteiger partial charge on any atom is -0.324 e. The second-order valence-corrected chi connectivity index (χ2v) is 6.17. The van der Waals surface area contributed by atoms with Crippen molar-refractivity contribution < 1.29 is 0 Å². The normalized spacial score (nSPS) is 11.4. The van der Waals surface area contributed by atoms with Crippen molar-refractivity contribution in [2.45, 2.75) is 26.2 Å². The van der Waals surface area contributed by atoms with E-state index < -0.39 is 0 Å². The quantitative estimate of drug-likeness (QED) is 0.890. The lowest BCUT2D eigenvalue weighted by Gasteiger charge is -2.15. The number of anilines is 2. The van der Waals surface area contributed by atoms with Gasteiger partial charge >= 0.3 is 0 Å². The van der Waals surface area contributed by atoms with Crippen LogP contribution in [0.2, 0.25) is 10.0 Å². The summed E-state index contributed by atoms with van der Waals surface area (Å²) in [6.45, 7) is 5.70. The molecule has 0 atom stereocenters. The number of nitrogens with zero attached hydrogens (tertiary/aromatic N) is 2. The maximum atomic E-state index is 12.0. The molecule has 0 saturated heterocycles. The maximum absolute atomic E-state index is 12.0. The molecule has 1 aromatic carbocycles. The number of hydrogen-bond donors (Lipinski definition) is 2. The van der Waals surface area contributed by atoms with Crippen molar-refractivity contribution in [3.05, 3.63) is 44.3 Å². The van der Waals surface area contributed by atoms with E-state index in [9.17, 15) is 4.79 Å². The molecule has 0 amide bonds. The van der Waals surface area contributed by atoms with E-state index in [1.807, 2.05) is 20.8 Å². The van der Waals surface area contributed by atoms with E-state index in [1.54, 1.807) is 18.2 Å². The van der Waals surface area contributed by atoms with Gasteiger partial charge in [0.2, 0.25) is 5.95 Å². The van der Waals surface area contributed by atoms with Crippen molar-refractivity contribution in [3.8, 4) is 0 Å². The first-order valence-corrected chi connectivity index (χ1v) is 6.72. The van der Waals surface area contributed by atoms with E-state index in [2.05, 4.69) is 20.5 Å². The van der Waals surface area contributed by atoms with Gasteiger partial charge in [0.15, 0.2) is 0 Å². The number of benzene rings is 1. The molecule has 20 heavy (non-hydrogen) atoms. The predicted molar refractivity (Wildman–Crippen MR) is 81.1 cm³/mol. The summed E-state index contributed by atoms with van der Waals surface area (Å²) >= 11 is 11.8. The van der Waals surface area contributed by atoms with Crippen molar-refractivity contribution in [3.63, 3.8) is 0 Å². The summed E-state index contributed by atoms with van der Waals surface area (Å²) in [5.41, 5.74) is 0.419. The van der Waals surface area contributed by atoms with E-state index in [0.717, 1.165) is 0 Å². The average Bonchev–Trinajstić information content (AvgIpc) is 2.32. The monoisotopic (exact) mass is 312 g/mol. The van der Waals surface area contributed by atoms with Gasteiger partial charge in [-0.2, -0.15) is 0 Å². The van der Waals surface area contributed by atoms with Crippen molar-refractivity contribution in [1.29, 1.82) is 0 Å². The highest BCUT2D eigenvalue weighted by Crippen LogP contribution is 2.26. The van der Waals surface area contributed by atoms with Gasteiger partial charge < -0.3 is 5.32 Å². The molecule has 7 heteroatoms. The van der Waals surface area contributed by atoms with Gasteiger partial charge in [0.25, 0.3) is 5.56 Å². The Hall–Kier alpha value is -1.59. The first kappa shape index (κ1) is 14.8. The highest BCUT2D eigenvalue weighted by atomic mass is 35.5. The number of nitrogens with one attached hydrogen (secondary N) is 2. The Bertz CT molecular complexity index is 692. The van der Waals surface area contributed by atoms with Gasteiger partial charge in [0, 0.05) is 11.1 Å². The number of aromatic amines is 1.